The second kappa shape index (κ2) is 6.24. The summed E-state index contributed by atoms with van der Waals surface area (Å²) in [5, 5.41) is 3.85. The Balaban J connectivity index is 2.13. The fourth-order valence-corrected chi connectivity index (χ4v) is 2.13. The summed E-state index contributed by atoms with van der Waals surface area (Å²) in [4.78, 5) is 0. The van der Waals surface area contributed by atoms with Crippen molar-refractivity contribution in [3.8, 4) is 11.5 Å². The van der Waals surface area contributed by atoms with Crippen molar-refractivity contribution in [2.45, 2.75) is 6.04 Å². The number of nitrogens with one attached hydrogen (secondary N) is 1. The molecule has 1 aromatic carbocycles. The molecule has 0 amide bonds. The van der Waals surface area contributed by atoms with E-state index in [1.165, 1.54) is 0 Å². The molecule has 1 heterocycles. The normalized spacial score (nSPS) is 14.8. The summed E-state index contributed by atoms with van der Waals surface area (Å²) >= 11 is 6.14. The second-order valence-corrected chi connectivity index (χ2v) is 4.38. The average molecular weight is 273 g/mol. The monoisotopic (exact) mass is 272 g/mol. The van der Waals surface area contributed by atoms with E-state index in [0.717, 1.165) is 12.1 Å². The maximum absolute atomic E-state index is 6.14. The highest BCUT2D eigenvalue weighted by Gasteiger charge is 2.20. The van der Waals surface area contributed by atoms with Gasteiger partial charge in [0.25, 0.3) is 0 Å². The van der Waals surface area contributed by atoms with Crippen LogP contribution < -0.4 is 20.5 Å². The molecule has 0 spiro atoms. The van der Waals surface area contributed by atoms with Gasteiger partial charge in [-0.25, -0.2) is 0 Å². The molecule has 1 aromatic rings. The zero-order valence-electron chi connectivity index (χ0n) is 10.2. The summed E-state index contributed by atoms with van der Waals surface area (Å²) < 4.78 is 15.6. The molecule has 18 heavy (non-hydrogen) atoms. The van der Waals surface area contributed by atoms with Crippen LogP contribution in [0.3, 0.4) is 0 Å². The average Bonchev–Trinajstić information content (AvgIpc) is 2.83. The molecule has 0 aromatic heterocycles. The Morgan fingerprint density at radius 2 is 2.33 bits per heavy atom. The Hall–Kier alpha value is -1.01. The first-order valence-corrected chi connectivity index (χ1v) is 6.15. The summed E-state index contributed by atoms with van der Waals surface area (Å²) in [6, 6.07) is 3.78. The van der Waals surface area contributed by atoms with Crippen molar-refractivity contribution in [3.63, 3.8) is 0 Å². The van der Waals surface area contributed by atoms with Crippen molar-refractivity contribution >= 4 is 11.6 Å². The molecular formula is C12H17ClN2O3. The van der Waals surface area contributed by atoms with E-state index in [4.69, 9.17) is 31.5 Å². The highest BCUT2D eigenvalue weighted by Crippen LogP contribution is 2.40. The first-order chi connectivity index (χ1) is 8.76. The molecule has 3 N–H and O–H groups in total. The molecule has 0 saturated carbocycles. The third-order valence-corrected chi connectivity index (χ3v) is 3.07. The van der Waals surface area contributed by atoms with Gasteiger partial charge >= 0.3 is 0 Å². The molecule has 0 bridgehead atoms. The number of rotatable bonds is 6. The fourth-order valence-electron chi connectivity index (χ4n) is 1.86. The summed E-state index contributed by atoms with van der Waals surface area (Å²) in [7, 11) is 1.66. The Labute approximate surface area is 111 Å². The quantitative estimate of drug-likeness (QED) is 0.765. The highest BCUT2D eigenvalue weighted by atomic mass is 35.5. The molecule has 0 aliphatic carbocycles. The Kier molecular flexibility index (Phi) is 4.66. The van der Waals surface area contributed by atoms with E-state index in [1.54, 1.807) is 7.11 Å². The predicted octanol–water partition coefficient (Wildman–Crippen LogP) is 1.30. The van der Waals surface area contributed by atoms with Crippen LogP contribution in [0.1, 0.15) is 11.6 Å². The van der Waals surface area contributed by atoms with Crippen molar-refractivity contribution in [3.05, 3.63) is 22.7 Å². The molecule has 0 radical (unpaired) electrons. The van der Waals surface area contributed by atoms with Crippen LogP contribution in [0.4, 0.5) is 0 Å². The lowest BCUT2D eigenvalue weighted by atomic mass is 10.1. The SMILES string of the molecule is COCCNC(CN)c1cc(Cl)c2c(c1)OCO2. The van der Waals surface area contributed by atoms with E-state index in [2.05, 4.69) is 5.32 Å². The van der Waals surface area contributed by atoms with Crippen LogP contribution in [0, 0.1) is 0 Å². The lowest BCUT2D eigenvalue weighted by Crippen LogP contribution is -2.30. The first kappa shape index (κ1) is 13.4. The minimum absolute atomic E-state index is 0.0205. The molecule has 5 nitrogen and oxygen atoms in total. The van der Waals surface area contributed by atoms with Gasteiger partial charge in [0.2, 0.25) is 6.79 Å². The number of methoxy groups -OCH3 is 1. The number of halogens is 1. The van der Waals surface area contributed by atoms with E-state index in [0.29, 0.717) is 29.7 Å². The van der Waals surface area contributed by atoms with E-state index >= 15 is 0 Å². The van der Waals surface area contributed by atoms with Crippen LogP contribution in [-0.4, -0.2) is 33.6 Å². The molecule has 1 atom stereocenters. The van der Waals surface area contributed by atoms with E-state index in [-0.39, 0.29) is 12.8 Å². The Morgan fingerprint density at radius 1 is 1.50 bits per heavy atom. The van der Waals surface area contributed by atoms with Crippen molar-refractivity contribution in [1.29, 1.82) is 0 Å². The zero-order valence-corrected chi connectivity index (χ0v) is 11.0. The largest absolute Gasteiger partial charge is 0.454 e. The van der Waals surface area contributed by atoms with Crippen LogP contribution in [0.5, 0.6) is 11.5 Å². The van der Waals surface area contributed by atoms with Crippen molar-refractivity contribution in [1.82, 2.24) is 5.32 Å². The first-order valence-electron chi connectivity index (χ1n) is 5.77. The second-order valence-electron chi connectivity index (χ2n) is 3.97. The van der Waals surface area contributed by atoms with Gasteiger partial charge in [-0.15, -0.1) is 0 Å². The Bertz CT molecular complexity index is 415. The number of ether oxygens (including phenoxy) is 3. The lowest BCUT2D eigenvalue weighted by molar-refractivity contribution is 0.174. The Morgan fingerprint density at radius 3 is 3.06 bits per heavy atom. The van der Waals surface area contributed by atoms with Gasteiger partial charge in [0.05, 0.1) is 11.6 Å². The molecule has 6 heteroatoms. The lowest BCUT2D eigenvalue weighted by Gasteiger charge is -2.18. The van der Waals surface area contributed by atoms with Gasteiger partial charge in [-0.1, -0.05) is 11.6 Å². The van der Waals surface area contributed by atoms with Gasteiger partial charge in [0.1, 0.15) is 0 Å². The maximum atomic E-state index is 6.14. The van der Waals surface area contributed by atoms with Gasteiger partial charge < -0.3 is 25.3 Å². The summed E-state index contributed by atoms with van der Waals surface area (Å²) in [5.41, 5.74) is 6.75. The fraction of sp³-hybridized carbons (Fsp3) is 0.500. The van der Waals surface area contributed by atoms with Crippen molar-refractivity contribution in [2.24, 2.45) is 5.73 Å². The van der Waals surface area contributed by atoms with Gasteiger partial charge in [-0.2, -0.15) is 0 Å². The third-order valence-electron chi connectivity index (χ3n) is 2.78. The minimum Gasteiger partial charge on any atom is -0.454 e. The van der Waals surface area contributed by atoms with E-state index in [1.807, 2.05) is 12.1 Å². The standard InChI is InChI=1S/C12H17ClN2O3/c1-16-3-2-15-10(6-14)8-4-9(13)12-11(5-8)17-7-18-12/h4-5,10,15H,2-3,6-7,14H2,1H3. The summed E-state index contributed by atoms with van der Waals surface area (Å²) in [6.07, 6.45) is 0. The number of hydrogen-bond donors (Lipinski definition) is 2. The van der Waals surface area contributed by atoms with Gasteiger partial charge in [0.15, 0.2) is 11.5 Å². The predicted molar refractivity (Wildman–Crippen MR) is 69.2 cm³/mol. The third kappa shape index (κ3) is 2.87. The number of hydrogen-bond acceptors (Lipinski definition) is 5. The topological polar surface area (TPSA) is 65.7 Å². The van der Waals surface area contributed by atoms with Crippen LogP contribution >= 0.6 is 11.6 Å². The van der Waals surface area contributed by atoms with Crippen LogP contribution in [-0.2, 0) is 4.74 Å². The number of benzene rings is 1. The van der Waals surface area contributed by atoms with Gasteiger partial charge in [0, 0.05) is 26.2 Å². The van der Waals surface area contributed by atoms with E-state index < -0.39 is 0 Å². The number of nitrogens with two attached hydrogens (primary N) is 1. The molecule has 0 saturated heterocycles. The van der Waals surface area contributed by atoms with Crippen LogP contribution in [0.2, 0.25) is 5.02 Å². The van der Waals surface area contributed by atoms with Crippen LogP contribution in [0.25, 0.3) is 0 Å². The zero-order chi connectivity index (χ0) is 13.0. The maximum Gasteiger partial charge on any atom is 0.231 e. The van der Waals surface area contributed by atoms with Crippen molar-refractivity contribution < 1.29 is 14.2 Å². The molecule has 1 unspecified atom stereocenters. The summed E-state index contributed by atoms with van der Waals surface area (Å²) in [6.45, 7) is 2.04. The molecule has 2 rings (SSSR count). The minimum atomic E-state index is 0.0205. The van der Waals surface area contributed by atoms with Gasteiger partial charge in [-0.3, -0.25) is 0 Å². The molecule has 100 valence electrons. The highest BCUT2D eigenvalue weighted by molar-refractivity contribution is 6.32. The smallest absolute Gasteiger partial charge is 0.231 e. The molecular weight excluding hydrogens is 256 g/mol. The number of fused-ring (bicyclic) bond motifs is 1. The van der Waals surface area contributed by atoms with Gasteiger partial charge in [-0.05, 0) is 17.7 Å². The van der Waals surface area contributed by atoms with Crippen molar-refractivity contribution in [2.75, 3.05) is 33.6 Å². The summed E-state index contributed by atoms with van der Waals surface area (Å²) in [5.74, 6) is 1.28. The molecule has 0 fully saturated rings. The van der Waals surface area contributed by atoms with Crippen LogP contribution in [0.15, 0.2) is 12.1 Å². The van der Waals surface area contributed by atoms with E-state index in [9.17, 15) is 0 Å². The molecule has 1 aliphatic rings. The molecule has 1 aliphatic heterocycles.